The molecular formula is C103H128. The minimum atomic E-state index is 0.557. The molecule has 0 aliphatic heterocycles. The summed E-state index contributed by atoms with van der Waals surface area (Å²) < 4.78 is 0. The fraction of sp³-hybridized carbons (Fsp3) is 0.340. The lowest BCUT2D eigenvalue weighted by molar-refractivity contribution is 0.857. The Bertz CT molecular complexity index is 4150. The number of rotatable bonds is 17. The molecule has 540 valence electrons. The van der Waals surface area contributed by atoms with Crippen molar-refractivity contribution in [2.24, 2.45) is 0 Å². The van der Waals surface area contributed by atoms with Crippen LogP contribution in [-0.4, -0.2) is 0 Å². The third-order valence-corrected chi connectivity index (χ3v) is 19.7. The van der Waals surface area contributed by atoms with Gasteiger partial charge in [-0.3, -0.25) is 0 Å². The van der Waals surface area contributed by atoms with Crippen molar-refractivity contribution in [2.75, 3.05) is 0 Å². The Hall–Kier alpha value is -8.84. The van der Waals surface area contributed by atoms with Crippen LogP contribution in [0.2, 0.25) is 0 Å². The summed E-state index contributed by atoms with van der Waals surface area (Å²) in [6.45, 7) is 53.5. The first-order valence-electron chi connectivity index (χ1n) is 38.8. The van der Waals surface area contributed by atoms with Crippen LogP contribution >= 0.6 is 0 Å². The molecule has 103 heavy (non-hydrogen) atoms. The van der Waals surface area contributed by atoms with Crippen molar-refractivity contribution in [1.82, 2.24) is 0 Å². The quantitative estimate of drug-likeness (QED) is 0.0852. The van der Waals surface area contributed by atoms with E-state index in [-0.39, 0.29) is 0 Å². The SMILES string of the molecule is C/C=C(\C)c1cccc(C(C)C)c1.CC(C)c1ccc(-c2ccc(C(C)C)cc2)cc1.CC(C)c1ccc(-c2cccc(C(C)C)c2)cc1.CC(C)c1cccc(-c2cccc(C(C)C)c2)c1.CC(C)c1cccc(-c2ccccc2C(C)C)c1.CC(C)c1ccccc1-c1ccccc1C(C)C. The number of hydrogen-bond donors (Lipinski definition) is 0. The Morgan fingerprint density at radius 1 is 0.194 bits per heavy atom. The molecule has 0 heteroatoms. The molecule has 11 aromatic rings. The van der Waals surface area contributed by atoms with Crippen LogP contribution in [0.3, 0.4) is 0 Å². The Labute approximate surface area is 628 Å². The fourth-order valence-corrected chi connectivity index (χ4v) is 12.5. The van der Waals surface area contributed by atoms with E-state index in [9.17, 15) is 0 Å². The van der Waals surface area contributed by atoms with Gasteiger partial charge in [0, 0.05) is 0 Å². The molecule has 0 unspecified atom stereocenters. The lowest BCUT2D eigenvalue weighted by Crippen LogP contribution is -1.96. The molecule has 0 radical (unpaired) electrons. The molecular weight excluding hydrogens is 1240 g/mol. The molecule has 0 bridgehead atoms. The van der Waals surface area contributed by atoms with Crippen molar-refractivity contribution in [2.45, 2.75) is 231 Å². The van der Waals surface area contributed by atoms with Gasteiger partial charge in [-0.25, -0.2) is 0 Å². The van der Waals surface area contributed by atoms with Crippen molar-refractivity contribution < 1.29 is 0 Å². The largest absolute Gasteiger partial charge is 0.0841 e. The van der Waals surface area contributed by atoms with Crippen LogP contribution in [0.4, 0.5) is 0 Å². The number of hydrogen-bond acceptors (Lipinski definition) is 0. The zero-order chi connectivity index (χ0) is 75.4. The molecule has 0 saturated carbocycles. The van der Waals surface area contributed by atoms with Crippen molar-refractivity contribution in [1.29, 1.82) is 0 Å². The molecule has 0 fully saturated rings. The molecule has 0 amide bonds. The van der Waals surface area contributed by atoms with Gasteiger partial charge >= 0.3 is 0 Å². The van der Waals surface area contributed by atoms with E-state index in [1.165, 1.54) is 128 Å². The monoisotopic (exact) mass is 1370 g/mol. The zero-order valence-corrected chi connectivity index (χ0v) is 67.8. The van der Waals surface area contributed by atoms with Crippen LogP contribution in [0, 0.1) is 0 Å². The van der Waals surface area contributed by atoms with Crippen LogP contribution in [0.1, 0.15) is 298 Å². The maximum atomic E-state index is 2.33. The topological polar surface area (TPSA) is 0 Å². The van der Waals surface area contributed by atoms with Crippen LogP contribution in [-0.2, 0) is 0 Å². The highest BCUT2D eigenvalue weighted by molar-refractivity contribution is 5.73. The van der Waals surface area contributed by atoms with Crippen LogP contribution in [0.5, 0.6) is 0 Å². The standard InChI is InChI=1S/5C18H22.C13H18/c1-13(2)15-5-9-17(10-6-15)18-11-7-16(8-12-18)14(3)4;1-13(2)15-7-5-9-17(11-15)18-10-6-8-16(12-18)14(3)4;1-13(2)15-9-5-7-11-17(15)18-12-8-6-10-16(18)14(3)4;1-13(2)15-8-7-9-16(12-15)18-11-6-5-10-17(18)14(3)4;1-13(2)15-8-10-16(11-9-15)18-7-5-6-17(12-18)14(3)4;1-5-11(4)13-8-6-7-12(9-13)10(2)3/h5*5-14H,1-4H3;5-10H,1-4H3/b;;;;;11-5+. The summed E-state index contributed by atoms with van der Waals surface area (Å²) in [5, 5.41) is 0. The predicted octanol–water partition coefficient (Wildman–Crippen LogP) is 32.2. The van der Waals surface area contributed by atoms with E-state index < -0.39 is 0 Å². The van der Waals surface area contributed by atoms with E-state index in [1.807, 2.05) is 0 Å². The molecule has 11 rings (SSSR count). The first-order chi connectivity index (χ1) is 49.1. The summed E-state index contributed by atoms with van der Waals surface area (Å²) in [5.74, 6) is 6.41. The van der Waals surface area contributed by atoms with Gasteiger partial charge in [0.2, 0.25) is 0 Å². The first kappa shape index (κ1) is 83.1. The van der Waals surface area contributed by atoms with E-state index in [0.717, 1.165) is 0 Å². The molecule has 0 heterocycles. The summed E-state index contributed by atoms with van der Waals surface area (Å²) in [7, 11) is 0. The van der Waals surface area contributed by atoms with Gasteiger partial charge in [0.1, 0.15) is 0 Å². The minimum absolute atomic E-state index is 0.557. The van der Waals surface area contributed by atoms with Gasteiger partial charge in [0.15, 0.2) is 0 Å². The van der Waals surface area contributed by atoms with E-state index in [0.29, 0.717) is 65.1 Å². The molecule has 0 nitrogen and oxygen atoms in total. The lowest BCUT2D eigenvalue weighted by Gasteiger charge is -2.17. The summed E-state index contributed by atoms with van der Waals surface area (Å²) in [6, 6.07) is 97.3. The lowest BCUT2D eigenvalue weighted by atomic mass is 9.87. The van der Waals surface area contributed by atoms with E-state index in [2.05, 4.69) is 439 Å². The molecule has 0 spiro atoms. The average molecular weight is 1370 g/mol. The van der Waals surface area contributed by atoms with Gasteiger partial charge in [-0.1, -0.05) is 425 Å². The number of allylic oxidation sites excluding steroid dienone is 2. The van der Waals surface area contributed by atoms with Crippen LogP contribution in [0.25, 0.3) is 61.2 Å². The second kappa shape index (κ2) is 41.5. The highest BCUT2D eigenvalue weighted by atomic mass is 14.2. The van der Waals surface area contributed by atoms with Crippen molar-refractivity contribution in [3.63, 3.8) is 0 Å². The molecule has 0 aromatic heterocycles. The van der Waals surface area contributed by atoms with E-state index in [1.54, 1.807) is 0 Å². The van der Waals surface area contributed by atoms with Crippen molar-refractivity contribution in [3.8, 4) is 55.6 Å². The molecule has 0 saturated heterocycles. The second-order valence-corrected chi connectivity index (χ2v) is 31.4. The predicted molar refractivity (Wildman–Crippen MR) is 460 cm³/mol. The van der Waals surface area contributed by atoms with Crippen LogP contribution in [0.15, 0.2) is 273 Å². The summed E-state index contributed by atoms with van der Waals surface area (Å²) in [5.41, 5.74) is 31.6. The highest BCUT2D eigenvalue weighted by Gasteiger charge is 2.15. The molecule has 0 aliphatic rings. The van der Waals surface area contributed by atoms with Gasteiger partial charge < -0.3 is 0 Å². The van der Waals surface area contributed by atoms with Gasteiger partial charge in [0.05, 0.1) is 0 Å². The molecule has 11 aromatic carbocycles. The fourth-order valence-electron chi connectivity index (χ4n) is 12.5. The molecule has 0 atom stereocenters. The Kier molecular flexibility index (Phi) is 33.4. The van der Waals surface area contributed by atoms with Crippen molar-refractivity contribution in [3.05, 3.63) is 340 Å². The normalized spacial score (nSPS) is 11.3. The van der Waals surface area contributed by atoms with E-state index in [4.69, 9.17) is 0 Å². The minimum Gasteiger partial charge on any atom is -0.0841 e. The van der Waals surface area contributed by atoms with E-state index >= 15 is 0 Å². The Morgan fingerprint density at radius 3 is 0.718 bits per heavy atom. The third kappa shape index (κ3) is 25.5. The Morgan fingerprint density at radius 2 is 0.427 bits per heavy atom. The third-order valence-electron chi connectivity index (χ3n) is 19.7. The summed E-state index contributed by atoms with van der Waals surface area (Å²) >= 11 is 0. The molecule has 0 aliphatic carbocycles. The summed E-state index contributed by atoms with van der Waals surface area (Å²) in [4.78, 5) is 0. The first-order valence-corrected chi connectivity index (χ1v) is 38.8. The van der Waals surface area contributed by atoms with Gasteiger partial charge in [-0.2, -0.15) is 0 Å². The van der Waals surface area contributed by atoms with Gasteiger partial charge in [-0.05, 0) is 207 Å². The zero-order valence-electron chi connectivity index (χ0n) is 67.8. The number of benzene rings is 11. The van der Waals surface area contributed by atoms with Crippen molar-refractivity contribution >= 4 is 5.57 Å². The smallest absolute Gasteiger partial charge is 0.0146 e. The second-order valence-electron chi connectivity index (χ2n) is 31.4. The maximum Gasteiger partial charge on any atom is -0.0146 e. The Balaban J connectivity index is 0.000000195. The highest BCUT2D eigenvalue weighted by Crippen LogP contribution is 2.36. The molecule has 0 N–H and O–H groups in total. The van der Waals surface area contributed by atoms with Gasteiger partial charge in [0.25, 0.3) is 0 Å². The maximum absolute atomic E-state index is 2.33. The van der Waals surface area contributed by atoms with Gasteiger partial charge in [-0.15, -0.1) is 0 Å². The summed E-state index contributed by atoms with van der Waals surface area (Å²) in [6.07, 6.45) is 2.15. The average Bonchev–Trinajstić information content (AvgIpc) is 0.807. The van der Waals surface area contributed by atoms with Crippen LogP contribution < -0.4 is 0 Å².